The smallest absolute Gasteiger partial charge is 0.317 e. The van der Waals surface area contributed by atoms with Crippen molar-refractivity contribution in [3.05, 3.63) is 0 Å². The molecule has 2 N–H and O–H groups in total. The number of cyclic esters (lactones) is 2. The van der Waals surface area contributed by atoms with Crippen LogP contribution in [0.5, 0.6) is 0 Å². The predicted octanol–water partition coefficient (Wildman–Crippen LogP) is 2.91. The van der Waals surface area contributed by atoms with Gasteiger partial charge in [0.05, 0.1) is 23.7 Å². The molecule has 9 nitrogen and oxygen atoms in total. The Morgan fingerprint density at radius 3 is 2.00 bits per heavy atom. The van der Waals surface area contributed by atoms with E-state index in [9.17, 15) is 29.4 Å². The second-order valence-corrected chi connectivity index (χ2v) is 11.8. The second kappa shape index (κ2) is 9.39. The van der Waals surface area contributed by atoms with Crippen LogP contribution in [0.15, 0.2) is 0 Å². The topological polar surface area (TPSA) is 136 Å². The summed E-state index contributed by atoms with van der Waals surface area (Å²) in [6, 6.07) is 0. The van der Waals surface area contributed by atoms with Gasteiger partial charge in [-0.25, -0.2) is 0 Å². The SMILES string of the molecule is CCOC(OCC)C1CC2CC1C(C1C(C)C3CC1C(C(=O)O)C3C(=O)O)C2C1C(=O)OC(=O)C1C. The third-order valence-corrected chi connectivity index (χ3v) is 10.6. The molecule has 0 radical (unpaired) electrons. The lowest BCUT2D eigenvalue weighted by Gasteiger charge is -2.48. The average molecular weight is 507 g/mol. The largest absolute Gasteiger partial charge is 0.481 e. The maximum Gasteiger partial charge on any atom is 0.317 e. The molecule has 0 spiro atoms. The van der Waals surface area contributed by atoms with Crippen LogP contribution in [-0.2, 0) is 33.4 Å². The molecule has 4 saturated carbocycles. The zero-order valence-electron chi connectivity index (χ0n) is 21.4. The third kappa shape index (κ3) is 3.63. The minimum absolute atomic E-state index is 0.00958. The fraction of sp³-hybridized carbons (Fsp3) is 0.852. The van der Waals surface area contributed by atoms with Crippen LogP contribution in [0.1, 0.15) is 47.0 Å². The summed E-state index contributed by atoms with van der Waals surface area (Å²) < 4.78 is 17.1. The summed E-state index contributed by atoms with van der Waals surface area (Å²) in [6.07, 6.45) is 1.91. The van der Waals surface area contributed by atoms with E-state index < -0.39 is 47.5 Å². The Kier molecular flexibility index (Phi) is 6.69. The summed E-state index contributed by atoms with van der Waals surface area (Å²) >= 11 is 0. The Hall–Kier alpha value is -2.00. The first-order chi connectivity index (χ1) is 17.1. The molecule has 0 aromatic rings. The molecule has 1 heterocycles. The van der Waals surface area contributed by atoms with Gasteiger partial charge in [0.15, 0.2) is 6.29 Å². The van der Waals surface area contributed by atoms with Crippen molar-refractivity contribution in [1.29, 1.82) is 0 Å². The monoisotopic (exact) mass is 506 g/mol. The van der Waals surface area contributed by atoms with Crippen molar-refractivity contribution >= 4 is 23.9 Å². The predicted molar refractivity (Wildman–Crippen MR) is 124 cm³/mol. The summed E-state index contributed by atoms with van der Waals surface area (Å²) in [6.45, 7) is 8.71. The number of rotatable bonds is 9. The lowest BCUT2D eigenvalue weighted by molar-refractivity contribution is -0.190. The highest BCUT2D eigenvalue weighted by molar-refractivity contribution is 5.96. The van der Waals surface area contributed by atoms with Crippen LogP contribution in [0.2, 0.25) is 0 Å². The molecule has 5 aliphatic rings. The second-order valence-electron chi connectivity index (χ2n) is 11.8. The summed E-state index contributed by atoms with van der Waals surface area (Å²) in [5.74, 6) is -6.06. The Labute approximate surface area is 211 Å². The first kappa shape index (κ1) is 25.6. The number of carbonyl (C=O) groups is 4. The molecule has 36 heavy (non-hydrogen) atoms. The Morgan fingerprint density at radius 1 is 0.861 bits per heavy atom. The number of aliphatic carboxylic acids is 2. The maximum atomic E-state index is 12.9. The van der Waals surface area contributed by atoms with Gasteiger partial charge in [0.1, 0.15) is 0 Å². The molecule has 13 unspecified atom stereocenters. The maximum absolute atomic E-state index is 12.9. The first-order valence-corrected chi connectivity index (χ1v) is 13.6. The van der Waals surface area contributed by atoms with E-state index in [1.165, 1.54) is 0 Å². The fourth-order valence-corrected chi connectivity index (χ4v) is 9.68. The molecule has 0 amide bonds. The zero-order valence-corrected chi connectivity index (χ0v) is 21.4. The molecule has 0 aromatic heterocycles. The minimum atomic E-state index is -1.05. The Morgan fingerprint density at radius 2 is 1.47 bits per heavy atom. The molecule has 13 atom stereocenters. The van der Waals surface area contributed by atoms with Crippen LogP contribution < -0.4 is 0 Å². The van der Waals surface area contributed by atoms with Crippen molar-refractivity contribution in [2.75, 3.05) is 13.2 Å². The summed E-state index contributed by atoms with van der Waals surface area (Å²) in [4.78, 5) is 49.7. The standard InChI is InChI=1S/C27H38O9/c1-5-34-27(35-6-2)15-8-12-7-14(15)20(19(12)18-11(4)25(32)36-26(18)33)17-10(3)13-9-16(17)22(24(30)31)21(13)23(28)29/h10-22,27H,5-9H2,1-4H3,(H,28,29)(H,30,31). The van der Waals surface area contributed by atoms with Gasteiger partial charge in [0.2, 0.25) is 0 Å². The molecule has 0 aromatic carbocycles. The van der Waals surface area contributed by atoms with Crippen LogP contribution in [0, 0.1) is 76.9 Å². The number of fused-ring (bicyclic) bond motifs is 4. The molecule has 5 fully saturated rings. The number of carboxylic acids is 2. The number of ether oxygens (including phenoxy) is 3. The summed E-state index contributed by atoms with van der Waals surface area (Å²) in [5, 5.41) is 20.0. The van der Waals surface area contributed by atoms with Gasteiger partial charge < -0.3 is 24.4 Å². The number of hydrogen-bond donors (Lipinski definition) is 2. The van der Waals surface area contributed by atoms with Gasteiger partial charge >= 0.3 is 23.9 Å². The van der Waals surface area contributed by atoms with Crippen LogP contribution in [0.25, 0.3) is 0 Å². The summed E-state index contributed by atoms with van der Waals surface area (Å²) in [7, 11) is 0. The molecule has 1 aliphatic heterocycles. The van der Waals surface area contributed by atoms with E-state index in [-0.39, 0.29) is 59.6 Å². The van der Waals surface area contributed by atoms with Crippen LogP contribution >= 0.6 is 0 Å². The molecule has 9 heteroatoms. The quantitative estimate of drug-likeness (QED) is 0.275. The lowest BCUT2D eigenvalue weighted by Crippen LogP contribution is -2.50. The number of hydrogen-bond acceptors (Lipinski definition) is 7. The van der Waals surface area contributed by atoms with E-state index in [0.717, 1.165) is 12.8 Å². The van der Waals surface area contributed by atoms with Crippen molar-refractivity contribution in [3.8, 4) is 0 Å². The first-order valence-electron chi connectivity index (χ1n) is 13.6. The molecule has 4 bridgehead atoms. The van der Waals surface area contributed by atoms with Gasteiger partial charge in [-0.05, 0) is 80.5 Å². The van der Waals surface area contributed by atoms with Gasteiger partial charge in [0.25, 0.3) is 0 Å². The van der Waals surface area contributed by atoms with Crippen LogP contribution in [0.3, 0.4) is 0 Å². The number of esters is 2. The number of carbonyl (C=O) groups excluding carboxylic acids is 2. The molecular weight excluding hydrogens is 468 g/mol. The van der Waals surface area contributed by atoms with E-state index in [1.807, 2.05) is 13.8 Å². The fourth-order valence-electron chi connectivity index (χ4n) is 9.68. The molecule has 200 valence electrons. The normalized spacial score (nSPS) is 47.2. The van der Waals surface area contributed by atoms with Gasteiger partial charge in [-0.3, -0.25) is 19.2 Å². The highest BCUT2D eigenvalue weighted by Gasteiger charge is 2.69. The van der Waals surface area contributed by atoms with E-state index >= 15 is 0 Å². The average Bonchev–Trinajstić information content (AvgIpc) is 3.59. The lowest BCUT2D eigenvalue weighted by atomic mass is 9.55. The van der Waals surface area contributed by atoms with Gasteiger partial charge in [-0.15, -0.1) is 0 Å². The highest BCUT2D eigenvalue weighted by Crippen LogP contribution is 2.69. The van der Waals surface area contributed by atoms with E-state index in [2.05, 4.69) is 6.92 Å². The van der Waals surface area contributed by atoms with Crippen molar-refractivity contribution in [2.24, 2.45) is 76.9 Å². The minimum Gasteiger partial charge on any atom is -0.481 e. The number of carboxylic acid groups (broad SMARTS) is 2. The van der Waals surface area contributed by atoms with Crippen LogP contribution in [-0.4, -0.2) is 53.6 Å². The molecule has 4 aliphatic carbocycles. The molecule has 1 saturated heterocycles. The van der Waals surface area contributed by atoms with E-state index in [4.69, 9.17) is 14.2 Å². The van der Waals surface area contributed by atoms with Crippen molar-refractivity contribution in [2.45, 2.75) is 53.2 Å². The highest BCUT2D eigenvalue weighted by atomic mass is 16.7. The van der Waals surface area contributed by atoms with Crippen molar-refractivity contribution in [1.82, 2.24) is 0 Å². The van der Waals surface area contributed by atoms with Crippen LogP contribution in [0.4, 0.5) is 0 Å². The van der Waals surface area contributed by atoms with Gasteiger partial charge in [-0.2, -0.15) is 0 Å². The molecular formula is C27H38O9. The zero-order chi connectivity index (χ0) is 26.0. The van der Waals surface area contributed by atoms with Gasteiger partial charge in [0, 0.05) is 19.1 Å². The van der Waals surface area contributed by atoms with Gasteiger partial charge in [-0.1, -0.05) is 13.8 Å². The molecule has 5 rings (SSSR count). The summed E-state index contributed by atoms with van der Waals surface area (Å²) in [5.41, 5.74) is 0. The third-order valence-electron chi connectivity index (χ3n) is 10.6. The van der Waals surface area contributed by atoms with Crippen molar-refractivity contribution < 1.29 is 43.6 Å². The Balaban J connectivity index is 1.54. The Bertz CT molecular complexity index is 926. The van der Waals surface area contributed by atoms with Crippen molar-refractivity contribution in [3.63, 3.8) is 0 Å². The van der Waals surface area contributed by atoms with E-state index in [1.54, 1.807) is 6.92 Å². The van der Waals surface area contributed by atoms with E-state index in [0.29, 0.717) is 19.6 Å².